The summed E-state index contributed by atoms with van der Waals surface area (Å²) in [6.07, 6.45) is 13.9. The van der Waals surface area contributed by atoms with Gasteiger partial charge in [-0.1, -0.05) is 84.9 Å². The predicted octanol–water partition coefficient (Wildman–Crippen LogP) is 5.67. The van der Waals surface area contributed by atoms with Crippen LogP contribution in [0.25, 0.3) is 0 Å². The van der Waals surface area contributed by atoms with E-state index in [4.69, 9.17) is 9.47 Å². The van der Waals surface area contributed by atoms with Crippen molar-refractivity contribution in [2.75, 3.05) is 13.2 Å². The summed E-state index contributed by atoms with van der Waals surface area (Å²) >= 11 is 0. The van der Waals surface area contributed by atoms with Crippen molar-refractivity contribution >= 4 is 11.6 Å². The van der Waals surface area contributed by atoms with Crippen LogP contribution in [-0.2, 0) is 26.2 Å². The lowest BCUT2D eigenvalue weighted by atomic mass is 9.83. The van der Waals surface area contributed by atoms with Crippen LogP contribution in [0.5, 0.6) is 11.5 Å². The summed E-state index contributed by atoms with van der Waals surface area (Å²) in [6.45, 7) is 3.97. The van der Waals surface area contributed by atoms with Crippen LogP contribution in [0.2, 0.25) is 0 Å². The minimum atomic E-state index is -0.245. The molecule has 48 heavy (non-hydrogen) atoms. The zero-order valence-corrected chi connectivity index (χ0v) is 26.8. The Morgan fingerprint density at radius 3 is 1.44 bits per heavy atom. The van der Waals surface area contributed by atoms with Crippen LogP contribution < -0.4 is 18.6 Å². The van der Waals surface area contributed by atoms with Crippen molar-refractivity contribution < 1.29 is 28.2 Å². The third kappa shape index (κ3) is 6.98. The molecular formula is C40H38N4O4+2. The van der Waals surface area contributed by atoms with Gasteiger partial charge in [-0.2, -0.15) is 0 Å². The van der Waals surface area contributed by atoms with Crippen LogP contribution >= 0.6 is 0 Å². The van der Waals surface area contributed by atoms with Gasteiger partial charge in [0.05, 0.1) is 37.4 Å². The fourth-order valence-corrected chi connectivity index (χ4v) is 6.20. The van der Waals surface area contributed by atoms with Crippen molar-refractivity contribution in [3.8, 4) is 11.5 Å². The first-order valence-electron chi connectivity index (χ1n) is 16.4. The number of aromatic nitrogens is 4. The molecule has 1 aliphatic rings. The monoisotopic (exact) mass is 638 g/mol. The molecule has 4 aromatic carbocycles. The lowest BCUT2D eigenvalue weighted by Crippen LogP contribution is -2.31. The number of carbonyl (C=O) groups is 2. The molecule has 0 atom stereocenters. The third-order valence-electron chi connectivity index (χ3n) is 8.54. The van der Waals surface area contributed by atoms with Gasteiger partial charge < -0.3 is 9.47 Å². The largest absolute Gasteiger partial charge is 0.493 e. The van der Waals surface area contributed by atoms with Gasteiger partial charge >= 0.3 is 0 Å². The molecule has 0 spiro atoms. The average Bonchev–Trinajstić information content (AvgIpc) is 3.77. The topological polar surface area (TPSA) is 70.2 Å². The number of aryl methyl sites for hydroxylation is 2. The van der Waals surface area contributed by atoms with Crippen LogP contribution in [0, 0.1) is 0 Å². The fraction of sp³-hybridized carbons (Fsp3) is 0.200. The van der Waals surface area contributed by atoms with Crippen molar-refractivity contribution in [3.05, 3.63) is 168 Å². The minimum Gasteiger partial charge on any atom is -0.493 e. The van der Waals surface area contributed by atoms with E-state index in [9.17, 15) is 9.59 Å². The van der Waals surface area contributed by atoms with E-state index < -0.39 is 0 Å². The fourth-order valence-electron chi connectivity index (χ4n) is 6.20. The number of hydrogen-bond donors (Lipinski definition) is 0. The Kier molecular flexibility index (Phi) is 9.22. The van der Waals surface area contributed by atoms with E-state index in [2.05, 4.69) is 80.0 Å². The van der Waals surface area contributed by atoms with Gasteiger partial charge in [0.25, 0.3) is 0 Å². The van der Waals surface area contributed by atoms with E-state index in [1.807, 2.05) is 36.4 Å². The highest BCUT2D eigenvalue weighted by atomic mass is 16.5. The number of nitrogens with zero attached hydrogens (tertiary/aromatic N) is 4. The van der Waals surface area contributed by atoms with Crippen molar-refractivity contribution in [1.82, 2.24) is 9.13 Å². The molecule has 240 valence electrons. The van der Waals surface area contributed by atoms with E-state index in [1.54, 1.807) is 36.4 Å². The van der Waals surface area contributed by atoms with Crippen LogP contribution in [-0.4, -0.2) is 33.9 Å². The first-order valence-corrected chi connectivity index (χ1v) is 16.4. The first-order chi connectivity index (χ1) is 23.6. The second-order valence-corrected chi connectivity index (χ2v) is 12.0. The van der Waals surface area contributed by atoms with E-state index in [0.29, 0.717) is 47.0 Å². The number of benzene rings is 4. The van der Waals surface area contributed by atoms with Gasteiger partial charge in [-0.25, -0.2) is 18.3 Å². The molecule has 8 nitrogen and oxygen atoms in total. The smallest absolute Gasteiger partial charge is 0.244 e. The van der Waals surface area contributed by atoms with Crippen molar-refractivity contribution in [1.29, 1.82) is 0 Å². The molecule has 0 saturated heterocycles. The molecule has 2 heterocycles. The first kappa shape index (κ1) is 30.9. The minimum absolute atomic E-state index is 0.193. The van der Waals surface area contributed by atoms with Gasteiger partial charge in [0.1, 0.15) is 49.4 Å². The van der Waals surface area contributed by atoms with Crippen LogP contribution in [0.4, 0.5) is 0 Å². The molecule has 0 amide bonds. The Morgan fingerprint density at radius 2 is 0.979 bits per heavy atom. The summed E-state index contributed by atoms with van der Waals surface area (Å²) in [6, 6.07) is 31.2. The molecule has 2 aromatic heterocycles. The van der Waals surface area contributed by atoms with E-state index >= 15 is 0 Å². The average molecular weight is 639 g/mol. The Hall–Kier alpha value is -5.76. The second kappa shape index (κ2) is 14.3. The van der Waals surface area contributed by atoms with Crippen LogP contribution in [0.1, 0.15) is 55.8 Å². The van der Waals surface area contributed by atoms with Gasteiger partial charge in [0.15, 0.2) is 5.78 Å². The molecule has 0 unspecified atom stereocenters. The molecule has 8 heteroatoms. The molecule has 1 aliphatic carbocycles. The van der Waals surface area contributed by atoms with E-state index in [-0.39, 0.29) is 11.6 Å². The second-order valence-electron chi connectivity index (χ2n) is 12.0. The van der Waals surface area contributed by atoms with Gasteiger partial charge in [-0.05, 0) is 23.3 Å². The summed E-state index contributed by atoms with van der Waals surface area (Å²) in [5.74, 6) is 0.412. The summed E-state index contributed by atoms with van der Waals surface area (Å²) in [4.78, 5) is 27.6. The number of fused-ring (bicyclic) bond motifs is 2. The highest BCUT2D eigenvalue weighted by molar-refractivity contribution is 6.30. The quantitative estimate of drug-likeness (QED) is 0.114. The van der Waals surface area contributed by atoms with Crippen molar-refractivity contribution in [3.63, 3.8) is 0 Å². The zero-order chi connectivity index (χ0) is 32.7. The highest BCUT2D eigenvalue weighted by Crippen LogP contribution is 2.37. The van der Waals surface area contributed by atoms with Crippen LogP contribution in [0.3, 0.4) is 0 Å². The number of rotatable bonds is 14. The molecule has 7 rings (SSSR count). The standard InChI is InChI=1S/C40H38N4O4/c45-39-33-15-7-17-35(47-25-9-19-41-21-23-43(29-41)27-31-11-3-1-4-12-31)37(33)40(46)38-34(39)16-8-18-36(38)48-26-10-20-42-22-24-44(30-42)28-32-13-5-2-6-14-32/h1-8,11-18,21-24,29-30H,9-10,19-20,25-28H2/q+2. The lowest BCUT2D eigenvalue weighted by Gasteiger charge is -2.22. The van der Waals surface area contributed by atoms with Gasteiger partial charge in [-0.3, -0.25) is 9.59 Å². The van der Waals surface area contributed by atoms with Crippen molar-refractivity contribution in [2.24, 2.45) is 0 Å². The Labute approximate surface area is 280 Å². The maximum absolute atomic E-state index is 14.0. The maximum atomic E-state index is 14.0. The molecule has 0 radical (unpaired) electrons. The number of imidazole rings is 2. The summed E-state index contributed by atoms with van der Waals surface area (Å²) < 4.78 is 20.8. The molecule has 0 fully saturated rings. The Morgan fingerprint density at radius 1 is 0.521 bits per heavy atom. The molecule has 0 saturated carbocycles. The summed E-state index contributed by atoms with van der Waals surface area (Å²) in [5.41, 5.74) is 3.84. The van der Waals surface area contributed by atoms with Crippen LogP contribution in [0.15, 0.2) is 135 Å². The van der Waals surface area contributed by atoms with Gasteiger partial charge in [0.2, 0.25) is 18.4 Å². The molecule has 0 aliphatic heterocycles. The zero-order valence-electron chi connectivity index (χ0n) is 26.8. The number of carbonyl (C=O) groups excluding carboxylic acids is 2. The number of ketones is 2. The van der Waals surface area contributed by atoms with Gasteiger partial charge in [-0.15, -0.1) is 0 Å². The summed E-state index contributed by atoms with van der Waals surface area (Å²) in [7, 11) is 0. The highest BCUT2D eigenvalue weighted by Gasteiger charge is 2.34. The summed E-state index contributed by atoms with van der Waals surface area (Å²) in [5, 5.41) is 0. The molecule has 0 N–H and O–H groups in total. The van der Waals surface area contributed by atoms with Gasteiger partial charge in [0, 0.05) is 24.0 Å². The third-order valence-corrected chi connectivity index (χ3v) is 8.54. The Balaban J connectivity index is 0.958. The predicted molar refractivity (Wildman–Crippen MR) is 180 cm³/mol. The number of hydrogen-bond acceptors (Lipinski definition) is 4. The molecule has 0 bridgehead atoms. The molecular weight excluding hydrogens is 600 g/mol. The molecule has 6 aromatic rings. The van der Waals surface area contributed by atoms with E-state index in [0.717, 1.165) is 39.0 Å². The normalized spacial score (nSPS) is 12.1. The SMILES string of the molecule is O=C1c2cccc(OCCCn3cc[n+](Cc4ccccc4)c3)c2C(=O)c2c(OCCCn3cc[n+](Cc4ccccc4)c3)cccc21. The lowest BCUT2D eigenvalue weighted by molar-refractivity contribution is -0.688. The maximum Gasteiger partial charge on any atom is 0.244 e. The van der Waals surface area contributed by atoms with E-state index in [1.165, 1.54) is 11.1 Å². The van der Waals surface area contributed by atoms with Crippen molar-refractivity contribution in [2.45, 2.75) is 39.0 Å². The Bertz CT molecular complexity index is 1890. The number of ether oxygens (including phenoxy) is 2.